The molecule has 0 N–H and O–H groups in total. The van der Waals surface area contributed by atoms with Gasteiger partial charge in [0, 0.05) is 0 Å². The summed E-state index contributed by atoms with van der Waals surface area (Å²) in [5, 5.41) is 0. The number of pyridine rings is 1. The molecule has 0 fully saturated rings. The maximum atomic E-state index is 12.7. The van der Waals surface area contributed by atoms with E-state index in [9.17, 15) is 14.4 Å². The SMILES string of the molecule is CC(C)(C)OC(=O)Cc1cccc(N(C(=O)OC(C)(C)C)C(=O)OC(C)(C)C)n1. The van der Waals surface area contributed by atoms with E-state index in [0.717, 1.165) is 4.90 Å². The van der Waals surface area contributed by atoms with Crippen molar-refractivity contribution in [3.63, 3.8) is 0 Å². The minimum atomic E-state index is -0.923. The second-order valence-corrected chi connectivity index (χ2v) is 9.55. The third kappa shape index (κ3) is 9.40. The lowest BCUT2D eigenvalue weighted by Gasteiger charge is -2.28. The van der Waals surface area contributed by atoms with E-state index in [2.05, 4.69) is 4.98 Å². The largest absolute Gasteiger partial charge is 0.460 e. The molecule has 8 nitrogen and oxygen atoms in total. The van der Waals surface area contributed by atoms with Gasteiger partial charge in [0.15, 0.2) is 0 Å². The molecule has 1 aromatic rings. The number of imide groups is 1. The Morgan fingerprint density at radius 2 is 1.24 bits per heavy atom. The van der Waals surface area contributed by atoms with Crippen LogP contribution >= 0.6 is 0 Å². The molecular formula is C21H32N2O6. The van der Waals surface area contributed by atoms with Crippen molar-refractivity contribution in [3.8, 4) is 0 Å². The summed E-state index contributed by atoms with van der Waals surface area (Å²) >= 11 is 0. The number of anilines is 1. The number of nitrogens with zero attached hydrogens (tertiary/aromatic N) is 2. The van der Waals surface area contributed by atoms with Crippen molar-refractivity contribution in [1.29, 1.82) is 0 Å². The zero-order valence-corrected chi connectivity index (χ0v) is 18.8. The first-order valence-electron chi connectivity index (χ1n) is 9.41. The van der Waals surface area contributed by atoms with Crippen LogP contribution in [0.15, 0.2) is 18.2 Å². The highest BCUT2D eigenvalue weighted by Crippen LogP contribution is 2.21. The molecule has 0 saturated heterocycles. The molecule has 0 aliphatic carbocycles. The Balaban J connectivity index is 3.20. The number of hydrogen-bond acceptors (Lipinski definition) is 7. The van der Waals surface area contributed by atoms with E-state index in [-0.39, 0.29) is 12.2 Å². The highest BCUT2D eigenvalue weighted by atomic mass is 16.6. The molecule has 1 rings (SSSR count). The van der Waals surface area contributed by atoms with Gasteiger partial charge in [-0.15, -0.1) is 0 Å². The maximum absolute atomic E-state index is 12.7. The molecule has 0 saturated carbocycles. The summed E-state index contributed by atoms with van der Waals surface area (Å²) < 4.78 is 16.0. The zero-order chi connectivity index (χ0) is 22.6. The summed E-state index contributed by atoms with van der Waals surface area (Å²) in [6.07, 6.45) is -1.95. The molecule has 0 aromatic carbocycles. The predicted octanol–water partition coefficient (Wildman–Crippen LogP) is 4.64. The molecule has 162 valence electrons. The fourth-order valence-electron chi connectivity index (χ4n) is 2.09. The second kappa shape index (κ2) is 8.80. The maximum Gasteiger partial charge on any atom is 0.425 e. The summed E-state index contributed by atoms with van der Waals surface area (Å²) in [4.78, 5) is 42.4. The van der Waals surface area contributed by atoms with Gasteiger partial charge in [-0.1, -0.05) is 6.07 Å². The van der Waals surface area contributed by atoms with E-state index < -0.39 is 35.0 Å². The van der Waals surface area contributed by atoms with Crippen LogP contribution in [0.5, 0.6) is 0 Å². The molecule has 2 amide bonds. The van der Waals surface area contributed by atoms with Gasteiger partial charge in [-0.2, -0.15) is 4.90 Å². The molecule has 0 bridgehead atoms. The number of aromatic nitrogens is 1. The Morgan fingerprint density at radius 3 is 1.66 bits per heavy atom. The van der Waals surface area contributed by atoms with Gasteiger partial charge in [0.2, 0.25) is 0 Å². The third-order valence-electron chi connectivity index (χ3n) is 2.92. The number of carbonyl (C=O) groups excluding carboxylic acids is 3. The lowest BCUT2D eigenvalue weighted by atomic mass is 10.2. The van der Waals surface area contributed by atoms with Gasteiger partial charge in [0.25, 0.3) is 0 Å². The molecule has 0 atom stereocenters. The fourth-order valence-corrected chi connectivity index (χ4v) is 2.09. The van der Waals surface area contributed by atoms with Crippen LogP contribution in [0.2, 0.25) is 0 Å². The minimum Gasteiger partial charge on any atom is -0.460 e. The van der Waals surface area contributed by atoms with E-state index >= 15 is 0 Å². The molecule has 29 heavy (non-hydrogen) atoms. The predicted molar refractivity (Wildman–Crippen MR) is 109 cm³/mol. The van der Waals surface area contributed by atoms with E-state index in [1.54, 1.807) is 74.4 Å². The van der Waals surface area contributed by atoms with Gasteiger partial charge in [-0.05, 0) is 74.4 Å². The van der Waals surface area contributed by atoms with Crippen molar-refractivity contribution in [3.05, 3.63) is 23.9 Å². The lowest BCUT2D eigenvalue weighted by Crippen LogP contribution is -2.44. The topological polar surface area (TPSA) is 95.0 Å². The van der Waals surface area contributed by atoms with Crippen molar-refractivity contribution < 1.29 is 28.6 Å². The number of hydrogen-bond donors (Lipinski definition) is 0. The average Bonchev–Trinajstić information content (AvgIpc) is 2.41. The summed E-state index contributed by atoms with van der Waals surface area (Å²) in [6, 6.07) is 4.66. The van der Waals surface area contributed by atoms with E-state index in [0.29, 0.717) is 5.69 Å². The van der Waals surface area contributed by atoms with Crippen LogP contribution in [0.3, 0.4) is 0 Å². The average molecular weight is 408 g/mol. The van der Waals surface area contributed by atoms with Crippen molar-refractivity contribution in [2.45, 2.75) is 85.5 Å². The van der Waals surface area contributed by atoms with Crippen molar-refractivity contribution in [2.24, 2.45) is 0 Å². The fraction of sp³-hybridized carbons (Fsp3) is 0.619. The Bertz CT molecular complexity index is 726. The lowest BCUT2D eigenvalue weighted by molar-refractivity contribution is -0.154. The van der Waals surface area contributed by atoms with Crippen molar-refractivity contribution in [1.82, 2.24) is 4.98 Å². The van der Waals surface area contributed by atoms with Crippen LogP contribution in [0.4, 0.5) is 15.4 Å². The Hall–Kier alpha value is -2.64. The number of amides is 2. The Morgan fingerprint density at radius 1 is 0.793 bits per heavy atom. The van der Waals surface area contributed by atoms with Crippen molar-refractivity contribution >= 4 is 24.0 Å². The van der Waals surface area contributed by atoms with E-state index in [4.69, 9.17) is 14.2 Å². The molecule has 8 heteroatoms. The molecule has 0 aliphatic heterocycles. The first kappa shape index (κ1) is 24.4. The van der Waals surface area contributed by atoms with Gasteiger partial charge in [0.1, 0.15) is 22.6 Å². The molecule has 1 heterocycles. The highest BCUT2D eigenvalue weighted by molar-refractivity contribution is 6.08. The van der Waals surface area contributed by atoms with E-state index in [1.165, 1.54) is 6.07 Å². The molecule has 0 aliphatic rings. The van der Waals surface area contributed by atoms with Gasteiger partial charge >= 0.3 is 18.2 Å². The second-order valence-electron chi connectivity index (χ2n) is 9.55. The summed E-state index contributed by atoms with van der Waals surface area (Å²) in [5.74, 6) is -0.474. The number of rotatable bonds is 3. The Kier molecular flexibility index (Phi) is 7.40. The summed E-state index contributed by atoms with van der Waals surface area (Å²) in [7, 11) is 0. The number of carbonyl (C=O) groups is 3. The van der Waals surface area contributed by atoms with Crippen LogP contribution in [-0.2, 0) is 25.4 Å². The van der Waals surface area contributed by atoms with Gasteiger partial charge in [-0.25, -0.2) is 14.6 Å². The van der Waals surface area contributed by atoms with Gasteiger partial charge in [-0.3, -0.25) is 4.79 Å². The Labute approximate surface area is 172 Å². The first-order chi connectivity index (χ1) is 13.0. The monoisotopic (exact) mass is 408 g/mol. The third-order valence-corrected chi connectivity index (χ3v) is 2.92. The summed E-state index contributed by atoms with van der Waals surface area (Å²) in [5.41, 5.74) is -1.95. The molecular weight excluding hydrogens is 376 g/mol. The smallest absolute Gasteiger partial charge is 0.425 e. The quantitative estimate of drug-likeness (QED) is 0.531. The van der Waals surface area contributed by atoms with Gasteiger partial charge in [0.05, 0.1) is 12.1 Å². The number of esters is 1. The van der Waals surface area contributed by atoms with Crippen molar-refractivity contribution in [2.75, 3.05) is 4.90 Å². The van der Waals surface area contributed by atoms with Crippen LogP contribution in [0.1, 0.15) is 68.0 Å². The summed E-state index contributed by atoms with van der Waals surface area (Å²) in [6.45, 7) is 15.4. The molecule has 0 spiro atoms. The number of ether oxygens (including phenoxy) is 3. The first-order valence-corrected chi connectivity index (χ1v) is 9.41. The van der Waals surface area contributed by atoms with Gasteiger partial charge < -0.3 is 14.2 Å². The minimum absolute atomic E-state index is 0.00504. The van der Waals surface area contributed by atoms with Crippen LogP contribution in [0.25, 0.3) is 0 Å². The molecule has 1 aromatic heterocycles. The van der Waals surface area contributed by atoms with Crippen LogP contribution in [-0.4, -0.2) is 39.9 Å². The van der Waals surface area contributed by atoms with Crippen LogP contribution < -0.4 is 4.90 Å². The highest BCUT2D eigenvalue weighted by Gasteiger charge is 2.33. The normalized spacial score (nSPS) is 12.2. The van der Waals surface area contributed by atoms with Crippen LogP contribution in [0, 0.1) is 0 Å². The zero-order valence-electron chi connectivity index (χ0n) is 18.8. The van der Waals surface area contributed by atoms with E-state index in [1.807, 2.05) is 0 Å². The molecule has 0 radical (unpaired) electrons. The standard InChI is InChI=1S/C21H32N2O6/c1-19(2,3)27-16(24)13-14-11-10-12-15(22-14)23(17(25)28-20(4,5)6)18(26)29-21(7,8)9/h10-12H,13H2,1-9H3. The molecule has 0 unspecified atom stereocenters.